The van der Waals surface area contributed by atoms with E-state index in [4.69, 9.17) is 21.4 Å². The molecule has 2 heterocycles. The maximum Gasteiger partial charge on any atom is 0.237 e. The first-order valence-electron chi connectivity index (χ1n) is 10.5. The van der Waals surface area contributed by atoms with Gasteiger partial charge in [0.15, 0.2) is 0 Å². The Morgan fingerprint density at radius 1 is 1.20 bits per heavy atom. The molecule has 1 aliphatic rings. The molecule has 1 aromatic carbocycles. The highest BCUT2D eigenvalue weighted by atomic mass is 35.5. The fraction of sp³-hybridized carbons (Fsp3) is 0.545. The largest absolute Gasteiger partial charge is 0.383 e. The second kappa shape index (κ2) is 10.8. The zero-order chi connectivity index (χ0) is 21.5. The van der Waals surface area contributed by atoms with Gasteiger partial charge in [-0.1, -0.05) is 25.1 Å². The number of hydrogen-bond acceptors (Lipinski definition) is 5. The number of methoxy groups -OCH3 is 1. The molecule has 0 aliphatic carbocycles. The Hall–Kier alpha value is -2.09. The van der Waals surface area contributed by atoms with Gasteiger partial charge < -0.3 is 19.4 Å². The number of anilines is 1. The van der Waals surface area contributed by atoms with Crippen LogP contribution in [0.3, 0.4) is 0 Å². The molecule has 0 saturated carbocycles. The number of rotatable bonds is 9. The van der Waals surface area contributed by atoms with Crippen molar-refractivity contribution in [2.24, 2.45) is 0 Å². The Morgan fingerprint density at radius 3 is 2.50 bits per heavy atom. The zero-order valence-electron chi connectivity index (χ0n) is 18.2. The molecule has 0 radical (unpaired) electrons. The van der Waals surface area contributed by atoms with E-state index in [0.717, 1.165) is 55.5 Å². The third-order valence-electron chi connectivity index (χ3n) is 5.66. The second-order valence-corrected chi connectivity index (χ2v) is 7.77. The highest BCUT2D eigenvalue weighted by Gasteiger charge is 2.27. The number of para-hydroxylation sites is 1. The summed E-state index contributed by atoms with van der Waals surface area (Å²) in [5.74, 6) is 0.932. The lowest BCUT2D eigenvalue weighted by atomic mass is 10.2. The van der Waals surface area contributed by atoms with Gasteiger partial charge in [0.2, 0.25) is 5.91 Å². The number of aromatic nitrogens is 2. The van der Waals surface area contributed by atoms with Gasteiger partial charge in [0, 0.05) is 45.4 Å². The second-order valence-electron chi connectivity index (χ2n) is 7.50. The summed E-state index contributed by atoms with van der Waals surface area (Å²) in [5, 5.41) is 4.87. The molecular weight excluding hydrogens is 402 g/mol. The Balaban J connectivity index is 1.99. The minimum Gasteiger partial charge on any atom is -0.383 e. The molecule has 0 N–H and O–H groups in total. The van der Waals surface area contributed by atoms with Crippen molar-refractivity contribution in [2.75, 3.05) is 63.8 Å². The summed E-state index contributed by atoms with van der Waals surface area (Å²) in [4.78, 5) is 19.1. The number of nitrogens with zero attached hydrogens (tertiary/aromatic N) is 5. The number of carbonyl (C=O) groups excluding carboxylic acids is 1. The van der Waals surface area contributed by atoms with Gasteiger partial charge in [-0.3, -0.25) is 4.79 Å². The number of amides is 1. The molecule has 30 heavy (non-hydrogen) atoms. The van der Waals surface area contributed by atoms with Crippen molar-refractivity contribution in [1.82, 2.24) is 19.6 Å². The summed E-state index contributed by atoms with van der Waals surface area (Å²) in [6.45, 7) is 10.6. The third-order valence-corrected chi connectivity index (χ3v) is 5.89. The Morgan fingerprint density at radius 2 is 1.90 bits per heavy atom. The van der Waals surface area contributed by atoms with Crippen LogP contribution < -0.4 is 4.90 Å². The smallest absolute Gasteiger partial charge is 0.237 e. The number of hydrogen-bond donors (Lipinski definition) is 0. The molecule has 8 heteroatoms. The van der Waals surface area contributed by atoms with E-state index in [1.54, 1.807) is 12.0 Å². The molecule has 3 rings (SSSR count). The summed E-state index contributed by atoms with van der Waals surface area (Å²) in [5.41, 5.74) is 3.02. The Kier molecular flexibility index (Phi) is 8.13. The minimum absolute atomic E-state index is 0.0416. The monoisotopic (exact) mass is 433 g/mol. The van der Waals surface area contributed by atoms with Crippen LogP contribution in [0.25, 0.3) is 5.69 Å². The quantitative estimate of drug-likeness (QED) is 0.569. The van der Waals surface area contributed by atoms with Crippen molar-refractivity contribution in [2.45, 2.75) is 20.4 Å². The predicted octanol–water partition coefficient (Wildman–Crippen LogP) is 2.54. The van der Waals surface area contributed by atoms with E-state index in [2.05, 4.69) is 28.9 Å². The van der Waals surface area contributed by atoms with Crippen LogP contribution in [0.5, 0.6) is 0 Å². The molecule has 0 bridgehead atoms. The summed E-state index contributed by atoms with van der Waals surface area (Å²) >= 11 is 5.88. The van der Waals surface area contributed by atoms with Crippen molar-refractivity contribution < 1.29 is 9.53 Å². The lowest BCUT2D eigenvalue weighted by Crippen LogP contribution is -2.47. The Bertz CT molecular complexity index is 818. The standard InChI is InChI=1S/C22H32ClN5O2/c1-4-25-10-12-26(13-11-25)22-20(17-27(14-15-30-3)21(29)16-23)18(2)24-28(22)19-8-6-5-7-9-19/h5-9H,4,10-17H2,1-3H3. The first-order valence-corrected chi connectivity index (χ1v) is 11.1. The van der Waals surface area contributed by atoms with E-state index in [1.165, 1.54) is 0 Å². The van der Waals surface area contributed by atoms with Gasteiger partial charge in [-0.2, -0.15) is 5.10 Å². The number of halogens is 1. The molecule has 2 aromatic rings. The van der Waals surface area contributed by atoms with Crippen LogP contribution in [-0.2, 0) is 16.1 Å². The average Bonchev–Trinajstić information content (AvgIpc) is 3.12. The van der Waals surface area contributed by atoms with Gasteiger partial charge >= 0.3 is 0 Å². The molecular formula is C22H32ClN5O2. The number of ether oxygens (including phenoxy) is 1. The normalized spacial score (nSPS) is 14.9. The zero-order valence-corrected chi connectivity index (χ0v) is 18.9. The highest BCUT2D eigenvalue weighted by molar-refractivity contribution is 6.27. The first kappa shape index (κ1) is 22.6. The van der Waals surface area contributed by atoms with Crippen molar-refractivity contribution in [1.29, 1.82) is 0 Å². The Labute approximate surface area is 184 Å². The van der Waals surface area contributed by atoms with Gasteiger partial charge in [-0.15, -0.1) is 11.6 Å². The van der Waals surface area contributed by atoms with E-state index in [9.17, 15) is 4.79 Å². The van der Waals surface area contributed by atoms with Gasteiger partial charge in [0.25, 0.3) is 0 Å². The summed E-state index contributed by atoms with van der Waals surface area (Å²) in [6.07, 6.45) is 0. The molecule has 0 spiro atoms. The molecule has 1 amide bonds. The fourth-order valence-electron chi connectivity index (χ4n) is 3.85. The van der Waals surface area contributed by atoms with E-state index in [0.29, 0.717) is 19.7 Å². The van der Waals surface area contributed by atoms with Crippen molar-refractivity contribution in [3.05, 3.63) is 41.6 Å². The van der Waals surface area contributed by atoms with Gasteiger partial charge in [-0.05, 0) is 25.6 Å². The number of aryl methyl sites for hydroxylation is 1. The lowest BCUT2D eigenvalue weighted by molar-refractivity contribution is -0.129. The van der Waals surface area contributed by atoms with Crippen molar-refractivity contribution in [3.8, 4) is 5.69 Å². The molecule has 1 saturated heterocycles. The number of alkyl halides is 1. The highest BCUT2D eigenvalue weighted by Crippen LogP contribution is 2.29. The first-order chi connectivity index (χ1) is 14.6. The van der Waals surface area contributed by atoms with Crippen molar-refractivity contribution in [3.63, 3.8) is 0 Å². The molecule has 7 nitrogen and oxygen atoms in total. The van der Waals surface area contributed by atoms with Crippen LogP contribution in [0, 0.1) is 6.92 Å². The van der Waals surface area contributed by atoms with E-state index in [1.807, 2.05) is 29.8 Å². The van der Waals surface area contributed by atoms with E-state index < -0.39 is 0 Å². The van der Waals surface area contributed by atoms with Gasteiger partial charge in [0.1, 0.15) is 11.7 Å². The van der Waals surface area contributed by atoms with Gasteiger partial charge in [-0.25, -0.2) is 4.68 Å². The molecule has 164 valence electrons. The average molecular weight is 434 g/mol. The molecule has 0 atom stereocenters. The minimum atomic E-state index is -0.0951. The van der Waals surface area contributed by atoms with Crippen LogP contribution in [0.1, 0.15) is 18.2 Å². The predicted molar refractivity (Wildman–Crippen MR) is 121 cm³/mol. The maximum atomic E-state index is 12.5. The molecule has 0 unspecified atom stereocenters. The van der Waals surface area contributed by atoms with E-state index in [-0.39, 0.29) is 11.8 Å². The number of piperazine rings is 1. The summed E-state index contributed by atoms with van der Waals surface area (Å²) in [6, 6.07) is 10.2. The van der Waals surface area contributed by atoms with Crippen LogP contribution in [0.15, 0.2) is 30.3 Å². The fourth-order valence-corrected chi connectivity index (χ4v) is 4.02. The summed E-state index contributed by atoms with van der Waals surface area (Å²) < 4.78 is 7.23. The summed E-state index contributed by atoms with van der Waals surface area (Å²) in [7, 11) is 1.64. The maximum absolute atomic E-state index is 12.5. The van der Waals surface area contributed by atoms with Crippen LogP contribution >= 0.6 is 11.6 Å². The van der Waals surface area contributed by atoms with Crippen LogP contribution in [-0.4, -0.2) is 84.4 Å². The lowest BCUT2D eigenvalue weighted by Gasteiger charge is -2.36. The van der Waals surface area contributed by atoms with Crippen molar-refractivity contribution >= 4 is 23.3 Å². The van der Waals surface area contributed by atoms with E-state index >= 15 is 0 Å². The topological polar surface area (TPSA) is 53.8 Å². The van der Waals surface area contributed by atoms with Gasteiger partial charge in [0.05, 0.1) is 24.5 Å². The molecule has 1 fully saturated rings. The molecule has 1 aliphatic heterocycles. The number of carbonyl (C=O) groups is 1. The number of benzene rings is 1. The SMILES string of the molecule is CCN1CCN(c2c(CN(CCOC)C(=O)CCl)c(C)nn2-c2ccccc2)CC1. The number of likely N-dealkylation sites (N-methyl/N-ethyl adjacent to an activating group) is 1. The van der Waals surface area contributed by atoms with Crippen LogP contribution in [0.2, 0.25) is 0 Å². The molecule has 1 aromatic heterocycles. The van der Waals surface area contributed by atoms with Crippen LogP contribution in [0.4, 0.5) is 5.82 Å². The third kappa shape index (κ3) is 5.14.